The largest absolute Gasteiger partial charge is 0.324 e. The van der Waals surface area contributed by atoms with E-state index in [4.69, 9.17) is 5.73 Å². The van der Waals surface area contributed by atoms with Crippen LogP contribution in [-0.4, -0.2) is 0 Å². The molecule has 1 rings (SSSR count). The van der Waals surface area contributed by atoms with E-state index in [0.29, 0.717) is 0 Å². The minimum atomic E-state index is 0.0440. The summed E-state index contributed by atoms with van der Waals surface area (Å²) in [6.07, 6.45) is 0.835. The van der Waals surface area contributed by atoms with Gasteiger partial charge in [-0.3, -0.25) is 0 Å². The van der Waals surface area contributed by atoms with Gasteiger partial charge in [0.05, 0.1) is 0 Å². The maximum Gasteiger partial charge on any atom is 0.0343 e. The van der Waals surface area contributed by atoms with Crippen molar-refractivity contribution < 1.29 is 0 Å². The van der Waals surface area contributed by atoms with Gasteiger partial charge >= 0.3 is 0 Å². The summed E-state index contributed by atoms with van der Waals surface area (Å²) in [6.45, 7) is 7.94. The first-order valence-electron chi connectivity index (χ1n) is 4.66. The second-order valence-electron chi connectivity index (χ2n) is 3.79. The maximum absolute atomic E-state index is 6.06. The van der Waals surface area contributed by atoms with Crippen LogP contribution in [-0.2, 0) is 0 Å². The SMILES string of the molecule is C=C(C)C[C@@H](N)c1ccc(C)cc1Br. The van der Waals surface area contributed by atoms with Crippen molar-refractivity contribution in [3.05, 3.63) is 46.0 Å². The van der Waals surface area contributed by atoms with Gasteiger partial charge in [0.25, 0.3) is 0 Å². The lowest BCUT2D eigenvalue weighted by atomic mass is 10.0. The number of rotatable bonds is 3. The Hall–Kier alpha value is -0.600. The monoisotopic (exact) mass is 253 g/mol. The van der Waals surface area contributed by atoms with Crippen LogP contribution in [0.5, 0.6) is 0 Å². The van der Waals surface area contributed by atoms with E-state index >= 15 is 0 Å². The van der Waals surface area contributed by atoms with E-state index in [0.717, 1.165) is 22.0 Å². The van der Waals surface area contributed by atoms with Crippen LogP contribution in [0.1, 0.15) is 30.5 Å². The molecule has 76 valence electrons. The number of hydrogen-bond acceptors (Lipinski definition) is 1. The highest BCUT2D eigenvalue weighted by molar-refractivity contribution is 9.10. The molecule has 0 aliphatic rings. The number of benzene rings is 1. The number of hydrogen-bond donors (Lipinski definition) is 1. The molecule has 0 aliphatic heterocycles. The highest BCUT2D eigenvalue weighted by Crippen LogP contribution is 2.26. The smallest absolute Gasteiger partial charge is 0.0343 e. The Morgan fingerprint density at radius 3 is 2.71 bits per heavy atom. The summed E-state index contributed by atoms with van der Waals surface area (Å²) in [5, 5.41) is 0. The van der Waals surface area contributed by atoms with Gasteiger partial charge in [0, 0.05) is 10.5 Å². The predicted molar refractivity (Wildman–Crippen MR) is 65.2 cm³/mol. The average molecular weight is 254 g/mol. The molecule has 0 amide bonds. The Kier molecular flexibility index (Phi) is 3.90. The molecule has 2 heteroatoms. The predicted octanol–water partition coefficient (Wildman–Crippen LogP) is 3.72. The van der Waals surface area contributed by atoms with E-state index in [1.54, 1.807) is 0 Å². The highest BCUT2D eigenvalue weighted by Gasteiger charge is 2.09. The molecular formula is C12H16BrN. The molecule has 0 saturated heterocycles. The van der Waals surface area contributed by atoms with Crippen molar-refractivity contribution in [3.8, 4) is 0 Å². The fraction of sp³-hybridized carbons (Fsp3) is 0.333. The number of aryl methyl sites for hydroxylation is 1. The number of nitrogens with two attached hydrogens (primary N) is 1. The molecule has 1 aromatic rings. The van der Waals surface area contributed by atoms with Crippen LogP contribution in [0.15, 0.2) is 34.8 Å². The molecule has 0 bridgehead atoms. The van der Waals surface area contributed by atoms with E-state index < -0.39 is 0 Å². The normalized spacial score (nSPS) is 12.6. The Balaban J connectivity index is 2.90. The third kappa shape index (κ3) is 2.96. The lowest BCUT2D eigenvalue weighted by Gasteiger charge is -2.14. The number of halogens is 1. The summed E-state index contributed by atoms with van der Waals surface area (Å²) in [5.41, 5.74) is 9.56. The standard InChI is InChI=1S/C12H16BrN/c1-8(2)6-12(14)10-5-4-9(3)7-11(10)13/h4-5,7,12H,1,6,14H2,2-3H3/t12-/m1/s1. The second-order valence-corrected chi connectivity index (χ2v) is 4.65. The van der Waals surface area contributed by atoms with Crippen molar-refractivity contribution in [2.45, 2.75) is 26.3 Å². The first kappa shape index (κ1) is 11.5. The lowest BCUT2D eigenvalue weighted by molar-refractivity contribution is 0.713. The van der Waals surface area contributed by atoms with Gasteiger partial charge in [0.15, 0.2) is 0 Å². The van der Waals surface area contributed by atoms with Crippen LogP contribution in [0.4, 0.5) is 0 Å². The minimum absolute atomic E-state index is 0.0440. The Morgan fingerprint density at radius 1 is 1.57 bits per heavy atom. The molecule has 0 saturated carbocycles. The zero-order valence-corrected chi connectivity index (χ0v) is 10.3. The third-order valence-electron chi connectivity index (χ3n) is 2.12. The van der Waals surface area contributed by atoms with E-state index in [1.165, 1.54) is 5.56 Å². The molecule has 0 aromatic heterocycles. The van der Waals surface area contributed by atoms with Crippen molar-refractivity contribution in [1.82, 2.24) is 0 Å². The van der Waals surface area contributed by atoms with Gasteiger partial charge in [0.1, 0.15) is 0 Å². The summed E-state index contributed by atoms with van der Waals surface area (Å²) < 4.78 is 1.09. The topological polar surface area (TPSA) is 26.0 Å². The van der Waals surface area contributed by atoms with Crippen LogP contribution in [0.3, 0.4) is 0 Å². The first-order valence-corrected chi connectivity index (χ1v) is 5.46. The fourth-order valence-electron chi connectivity index (χ4n) is 1.42. The fourth-order valence-corrected chi connectivity index (χ4v) is 2.21. The van der Waals surface area contributed by atoms with Crippen molar-refractivity contribution in [2.75, 3.05) is 0 Å². The van der Waals surface area contributed by atoms with E-state index in [-0.39, 0.29) is 6.04 Å². The Labute approximate surface area is 94.1 Å². The van der Waals surface area contributed by atoms with Gasteiger partial charge in [-0.25, -0.2) is 0 Å². The molecule has 0 spiro atoms. The van der Waals surface area contributed by atoms with E-state index in [9.17, 15) is 0 Å². The molecule has 0 fully saturated rings. The third-order valence-corrected chi connectivity index (χ3v) is 2.81. The molecular weight excluding hydrogens is 238 g/mol. The Bertz CT molecular complexity index is 344. The van der Waals surface area contributed by atoms with Gasteiger partial charge < -0.3 is 5.73 Å². The van der Waals surface area contributed by atoms with E-state index in [2.05, 4.69) is 47.6 Å². The van der Waals surface area contributed by atoms with Crippen LogP contribution in [0.2, 0.25) is 0 Å². The first-order chi connectivity index (χ1) is 6.50. The molecule has 2 N–H and O–H groups in total. The van der Waals surface area contributed by atoms with Gasteiger partial charge in [-0.05, 0) is 37.5 Å². The lowest BCUT2D eigenvalue weighted by Crippen LogP contribution is -2.11. The molecule has 1 aromatic carbocycles. The summed E-state index contributed by atoms with van der Waals surface area (Å²) in [6, 6.07) is 6.29. The van der Waals surface area contributed by atoms with Crippen LogP contribution >= 0.6 is 15.9 Å². The molecule has 0 heterocycles. The minimum Gasteiger partial charge on any atom is -0.324 e. The van der Waals surface area contributed by atoms with Crippen LogP contribution in [0.25, 0.3) is 0 Å². The van der Waals surface area contributed by atoms with Gasteiger partial charge in [-0.1, -0.05) is 33.6 Å². The second kappa shape index (κ2) is 4.76. The summed E-state index contributed by atoms with van der Waals surface area (Å²) >= 11 is 3.53. The van der Waals surface area contributed by atoms with Crippen LogP contribution in [0, 0.1) is 6.92 Å². The van der Waals surface area contributed by atoms with Crippen molar-refractivity contribution in [2.24, 2.45) is 5.73 Å². The maximum atomic E-state index is 6.06. The molecule has 1 nitrogen and oxygen atoms in total. The highest BCUT2D eigenvalue weighted by atomic mass is 79.9. The van der Waals surface area contributed by atoms with Crippen LogP contribution < -0.4 is 5.73 Å². The summed E-state index contributed by atoms with van der Waals surface area (Å²) in [5.74, 6) is 0. The van der Waals surface area contributed by atoms with Crippen molar-refractivity contribution >= 4 is 15.9 Å². The zero-order valence-electron chi connectivity index (χ0n) is 8.68. The molecule has 0 radical (unpaired) electrons. The van der Waals surface area contributed by atoms with Gasteiger partial charge in [-0.15, -0.1) is 6.58 Å². The molecule has 0 aliphatic carbocycles. The van der Waals surface area contributed by atoms with Crippen molar-refractivity contribution in [1.29, 1.82) is 0 Å². The van der Waals surface area contributed by atoms with Gasteiger partial charge in [-0.2, -0.15) is 0 Å². The average Bonchev–Trinajstić information content (AvgIpc) is 2.01. The molecule has 0 unspecified atom stereocenters. The van der Waals surface area contributed by atoms with Crippen molar-refractivity contribution in [3.63, 3.8) is 0 Å². The quantitative estimate of drug-likeness (QED) is 0.817. The summed E-state index contributed by atoms with van der Waals surface area (Å²) in [4.78, 5) is 0. The van der Waals surface area contributed by atoms with Gasteiger partial charge in [0.2, 0.25) is 0 Å². The summed E-state index contributed by atoms with van der Waals surface area (Å²) in [7, 11) is 0. The molecule has 1 atom stereocenters. The molecule has 14 heavy (non-hydrogen) atoms. The van der Waals surface area contributed by atoms with E-state index in [1.807, 2.05) is 6.92 Å². The zero-order chi connectivity index (χ0) is 10.7. The Morgan fingerprint density at radius 2 is 2.21 bits per heavy atom.